The molecule has 1 saturated carbocycles. The SMILES string of the molecule is O=C1NCCN1c1nc(CC(=O)N2CCCC2C2CCCC2)cs1. The van der Waals surface area contributed by atoms with Crippen molar-refractivity contribution in [3.05, 3.63) is 11.1 Å². The fourth-order valence-electron chi connectivity index (χ4n) is 4.35. The van der Waals surface area contributed by atoms with Crippen molar-refractivity contribution in [3.8, 4) is 0 Å². The number of rotatable bonds is 4. The van der Waals surface area contributed by atoms with Crippen LogP contribution >= 0.6 is 11.3 Å². The first-order valence-electron chi connectivity index (χ1n) is 9.01. The van der Waals surface area contributed by atoms with Gasteiger partial charge in [-0.15, -0.1) is 11.3 Å². The highest BCUT2D eigenvalue weighted by atomic mass is 32.1. The van der Waals surface area contributed by atoms with Crippen molar-refractivity contribution < 1.29 is 9.59 Å². The fraction of sp³-hybridized carbons (Fsp3) is 0.706. The fourth-order valence-corrected chi connectivity index (χ4v) is 5.20. The van der Waals surface area contributed by atoms with Gasteiger partial charge in [-0.05, 0) is 31.6 Å². The summed E-state index contributed by atoms with van der Waals surface area (Å²) in [6.07, 6.45) is 7.83. The predicted octanol–water partition coefficient (Wildman–Crippen LogP) is 2.40. The molecule has 130 valence electrons. The number of likely N-dealkylation sites (tertiary alicyclic amines) is 1. The van der Waals surface area contributed by atoms with Crippen LogP contribution in [-0.2, 0) is 11.2 Å². The average Bonchev–Trinajstić information content (AvgIpc) is 3.34. The van der Waals surface area contributed by atoms with Crippen LogP contribution in [0, 0.1) is 5.92 Å². The van der Waals surface area contributed by atoms with Gasteiger partial charge in [0.15, 0.2) is 5.13 Å². The molecule has 1 aromatic rings. The molecule has 3 amide bonds. The number of nitrogens with zero attached hydrogens (tertiary/aromatic N) is 3. The van der Waals surface area contributed by atoms with Gasteiger partial charge in [0, 0.05) is 31.1 Å². The third-order valence-electron chi connectivity index (χ3n) is 5.52. The zero-order valence-corrected chi connectivity index (χ0v) is 14.7. The number of nitrogens with one attached hydrogen (secondary N) is 1. The summed E-state index contributed by atoms with van der Waals surface area (Å²) in [6, 6.07) is 0.352. The minimum atomic E-state index is -0.0944. The Morgan fingerprint density at radius 2 is 2.08 bits per heavy atom. The Balaban J connectivity index is 1.40. The van der Waals surface area contributed by atoms with Gasteiger partial charge in [0.25, 0.3) is 0 Å². The maximum Gasteiger partial charge on any atom is 0.323 e. The lowest BCUT2D eigenvalue weighted by molar-refractivity contribution is -0.132. The first-order valence-corrected chi connectivity index (χ1v) is 9.89. The Hall–Kier alpha value is -1.63. The van der Waals surface area contributed by atoms with Crippen LogP contribution in [0.5, 0.6) is 0 Å². The van der Waals surface area contributed by atoms with Gasteiger partial charge >= 0.3 is 6.03 Å². The van der Waals surface area contributed by atoms with E-state index >= 15 is 0 Å². The largest absolute Gasteiger partial charge is 0.339 e. The molecule has 3 aliphatic rings. The lowest BCUT2D eigenvalue weighted by Crippen LogP contribution is -2.40. The molecule has 4 rings (SSSR count). The molecule has 1 aliphatic carbocycles. The highest BCUT2D eigenvalue weighted by Gasteiger charge is 2.36. The molecule has 1 N–H and O–H groups in total. The normalized spacial score (nSPS) is 24.8. The zero-order chi connectivity index (χ0) is 16.5. The second-order valence-corrected chi connectivity index (χ2v) is 7.86. The minimum absolute atomic E-state index is 0.0944. The third-order valence-corrected chi connectivity index (χ3v) is 6.44. The summed E-state index contributed by atoms with van der Waals surface area (Å²) in [5.74, 6) is 0.905. The maximum atomic E-state index is 12.8. The van der Waals surface area contributed by atoms with Gasteiger partial charge in [-0.3, -0.25) is 9.69 Å². The van der Waals surface area contributed by atoms with Crippen LogP contribution < -0.4 is 10.2 Å². The molecule has 1 atom stereocenters. The van der Waals surface area contributed by atoms with E-state index in [4.69, 9.17) is 0 Å². The molecule has 3 fully saturated rings. The number of thiazole rings is 1. The molecule has 24 heavy (non-hydrogen) atoms. The van der Waals surface area contributed by atoms with E-state index in [1.165, 1.54) is 37.0 Å². The second kappa shape index (κ2) is 6.70. The van der Waals surface area contributed by atoms with E-state index in [1.54, 1.807) is 4.90 Å². The van der Waals surface area contributed by atoms with Crippen LogP contribution in [-0.4, -0.2) is 47.5 Å². The van der Waals surface area contributed by atoms with Crippen LogP contribution in [0.2, 0.25) is 0 Å². The summed E-state index contributed by atoms with van der Waals surface area (Å²) in [5.41, 5.74) is 0.789. The number of aromatic nitrogens is 1. The Morgan fingerprint density at radius 1 is 1.25 bits per heavy atom. The highest BCUT2D eigenvalue weighted by Crippen LogP contribution is 2.35. The number of amides is 3. The average molecular weight is 348 g/mol. The van der Waals surface area contributed by atoms with Gasteiger partial charge < -0.3 is 10.2 Å². The van der Waals surface area contributed by atoms with Crippen LogP contribution in [0.4, 0.5) is 9.93 Å². The van der Waals surface area contributed by atoms with Gasteiger partial charge in [-0.2, -0.15) is 0 Å². The summed E-state index contributed by atoms with van der Waals surface area (Å²) >= 11 is 1.44. The van der Waals surface area contributed by atoms with Gasteiger partial charge in [-0.1, -0.05) is 12.8 Å². The molecule has 0 bridgehead atoms. The number of anilines is 1. The van der Waals surface area contributed by atoms with E-state index in [0.29, 0.717) is 36.6 Å². The first-order chi connectivity index (χ1) is 11.7. The van der Waals surface area contributed by atoms with Crippen LogP contribution in [0.3, 0.4) is 0 Å². The monoisotopic (exact) mass is 348 g/mol. The van der Waals surface area contributed by atoms with E-state index in [9.17, 15) is 9.59 Å². The number of hydrogen-bond donors (Lipinski definition) is 1. The lowest BCUT2D eigenvalue weighted by atomic mass is 9.96. The number of carbonyl (C=O) groups excluding carboxylic acids is 2. The summed E-state index contributed by atoms with van der Waals surface area (Å²) in [7, 11) is 0. The Bertz CT molecular complexity index is 626. The Labute approximate surface area is 146 Å². The zero-order valence-electron chi connectivity index (χ0n) is 13.9. The number of hydrogen-bond acceptors (Lipinski definition) is 4. The Kier molecular flexibility index (Phi) is 4.43. The summed E-state index contributed by atoms with van der Waals surface area (Å²) in [6.45, 7) is 2.20. The molecular weight excluding hydrogens is 324 g/mol. The molecule has 3 heterocycles. The molecule has 0 radical (unpaired) electrons. The smallest absolute Gasteiger partial charge is 0.323 e. The second-order valence-electron chi connectivity index (χ2n) is 7.02. The van der Waals surface area contributed by atoms with Crippen molar-refractivity contribution in [2.45, 2.75) is 51.0 Å². The molecule has 7 heteroatoms. The van der Waals surface area contributed by atoms with Crippen molar-refractivity contribution in [1.29, 1.82) is 0 Å². The predicted molar refractivity (Wildman–Crippen MR) is 93.3 cm³/mol. The molecule has 6 nitrogen and oxygen atoms in total. The molecule has 2 saturated heterocycles. The van der Waals surface area contributed by atoms with Crippen molar-refractivity contribution in [1.82, 2.24) is 15.2 Å². The third kappa shape index (κ3) is 3.01. The minimum Gasteiger partial charge on any atom is -0.339 e. The van der Waals surface area contributed by atoms with E-state index in [2.05, 4.69) is 15.2 Å². The molecular formula is C17H24N4O2S. The van der Waals surface area contributed by atoms with E-state index in [-0.39, 0.29) is 11.9 Å². The molecule has 1 unspecified atom stereocenters. The number of carbonyl (C=O) groups is 2. The summed E-state index contributed by atoms with van der Waals surface area (Å²) in [5, 5.41) is 5.39. The molecule has 0 aromatic carbocycles. The van der Waals surface area contributed by atoms with Crippen LogP contribution in [0.15, 0.2) is 5.38 Å². The lowest BCUT2D eigenvalue weighted by Gasteiger charge is -2.29. The van der Waals surface area contributed by atoms with E-state index < -0.39 is 0 Å². The maximum absolute atomic E-state index is 12.8. The van der Waals surface area contributed by atoms with Crippen molar-refractivity contribution in [3.63, 3.8) is 0 Å². The van der Waals surface area contributed by atoms with E-state index in [0.717, 1.165) is 25.1 Å². The van der Waals surface area contributed by atoms with Crippen molar-refractivity contribution in [2.24, 2.45) is 5.92 Å². The van der Waals surface area contributed by atoms with Gasteiger partial charge in [0.2, 0.25) is 5.91 Å². The Morgan fingerprint density at radius 3 is 2.83 bits per heavy atom. The number of urea groups is 1. The standard InChI is InChI=1S/C17H24N4O2S/c22-15(20-8-3-6-14(20)12-4-1-2-5-12)10-13-11-24-17(19-13)21-9-7-18-16(21)23/h11-12,14H,1-10H2,(H,18,23). The van der Waals surface area contributed by atoms with Crippen molar-refractivity contribution >= 4 is 28.4 Å². The molecule has 1 aromatic heterocycles. The summed E-state index contributed by atoms with van der Waals surface area (Å²) in [4.78, 5) is 32.8. The van der Waals surface area contributed by atoms with Gasteiger partial charge in [0.1, 0.15) is 0 Å². The van der Waals surface area contributed by atoms with Crippen LogP contribution in [0.1, 0.15) is 44.2 Å². The molecule has 2 aliphatic heterocycles. The van der Waals surface area contributed by atoms with Gasteiger partial charge in [-0.25, -0.2) is 9.78 Å². The van der Waals surface area contributed by atoms with E-state index in [1.807, 2.05) is 5.38 Å². The highest BCUT2D eigenvalue weighted by molar-refractivity contribution is 7.14. The topological polar surface area (TPSA) is 65.5 Å². The molecule has 0 spiro atoms. The first kappa shape index (κ1) is 15.9. The summed E-state index contributed by atoms with van der Waals surface area (Å²) < 4.78 is 0. The quantitative estimate of drug-likeness (QED) is 0.909. The van der Waals surface area contributed by atoms with Crippen LogP contribution in [0.25, 0.3) is 0 Å². The van der Waals surface area contributed by atoms with Gasteiger partial charge in [0.05, 0.1) is 12.1 Å². The van der Waals surface area contributed by atoms with Crippen molar-refractivity contribution in [2.75, 3.05) is 24.5 Å².